The summed E-state index contributed by atoms with van der Waals surface area (Å²) in [7, 11) is 0. The molecule has 5 heteroatoms. The highest BCUT2D eigenvalue weighted by molar-refractivity contribution is 5.88. The van der Waals surface area contributed by atoms with E-state index in [1.807, 2.05) is 26.0 Å². The largest absolute Gasteiger partial charge is 0.464 e. The summed E-state index contributed by atoms with van der Waals surface area (Å²) >= 11 is 0. The van der Waals surface area contributed by atoms with Crippen molar-refractivity contribution in [2.45, 2.75) is 46.1 Å². The first-order valence-electron chi connectivity index (χ1n) is 8.41. The number of likely N-dealkylation sites (tertiary alicyclic amines) is 1. The Morgan fingerprint density at radius 3 is 2.58 bits per heavy atom. The molecular formula is C19H23NO4. The van der Waals surface area contributed by atoms with Crippen molar-refractivity contribution in [3.63, 3.8) is 0 Å². The lowest BCUT2D eigenvalue weighted by Gasteiger charge is -2.20. The average Bonchev–Trinajstić information content (AvgIpc) is 3.18. The van der Waals surface area contributed by atoms with Crippen LogP contribution in [0.25, 0.3) is 11.0 Å². The summed E-state index contributed by atoms with van der Waals surface area (Å²) in [6, 6.07) is 3.99. The molecule has 2 heterocycles. The van der Waals surface area contributed by atoms with E-state index in [0.29, 0.717) is 0 Å². The van der Waals surface area contributed by atoms with Crippen LogP contribution in [0.3, 0.4) is 0 Å². The molecule has 1 aliphatic heterocycles. The number of carbonyl (C=O) groups excluding carboxylic acids is 2. The molecule has 0 bridgehead atoms. The Labute approximate surface area is 141 Å². The van der Waals surface area contributed by atoms with E-state index in [-0.39, 0.29) is 12.3 Å². The minimum Gasteiger partial charge on any atom is -0.464 e. The molecule has 1 fully saturated rings. The van der Waals surface area contributed by atoms with E-state index in [1.54, 1.807) is 18.1 Å². The van der Waals surface area contributed by atoms with Crippen LogP contribution in [0.4, 0.5) is 0 Å². The monoisotopic (exact) mass is 329 g/mol. The summed E-state index contributed by atoms with van der Waals surface area (Å²) in [6.07, 6.45) is 3.00. The SMILES string of the molecule is Cc1cc2occ(CC(=O)O[C@H](C)C(=O)N3CCCC3)c2cc1C. The molecule has 1 aromatic heterocycles. The van der Waals surface area contributed by atoms with E-state index in [4.69, 9.17) is 9.15 Å². The highest BCUT2D eigenvalue weighted by atomic mass is 16.5. The van der Waals surface area contributed by atoms with Crippen LogP contribution in [0.15, 0.2) is 22.8 Å². The number of esters is 1. The standard InChI is InChI=1S/C19H23NO4/c1-12-8-16-15(11-23-17(16)9-13(12)2)10-18(21)24-14(3)19(22)20-6-4-5-7-20/h8-9,11,14H,4-7,10H2,1-3H3/t14-/m1/s1. The van der Waals surface area contributed by atoms with Crippen LogP contribution in [0, 0.1) is 13.8 Å². The van der Waals surface area contributed by atoms with Crippen molar-refractivity contribution in [2.75, 3.05) is 13.1 Å². The molecule has 24 heavy (non-hydrogen) atoms. The number of rotatable bonds is 4. The van der Waals surface area contributed by atoms with E-state index in [1.165, 1.54) is 0 Å². The second-order valence-corrected chi connectivity index (χ2v) is 6.53. The molecule has 1 saturated heterocycles. The van der Waals surface area contributed by atoms with Gasteiger partial charge in [-0.1, -0.05) is 0 Å². The number of carbonyl (C=O) groups is 2. The van der Waals surface area contributed by atoms with Crippen molar-refractivity contribution in [2.24, 2.45) is 0 Å². The number of nitrogens with zero attached hydrogens (tertiary/aromatic N) is 1. The van der Waals surface area contributed by atoms with Gasteiger partial charge < -0.3 is 14.1 Å². The van der Waals surface area contributed by atoms with Gasteiger partial charge in [-0.25, -0.2) is 0 Å². The van der Waals surface area contributed by atoms with E-state index < -0.39 is 12.1 Å². The van der Waals surface area contributed by atoms with E-state index in [9.17, 15) is 9.59 Å². The lowest BCUT2D eigenvalue weighted by Crippen LogP contribution is -2.38. The molecule has 0 unspecified atom stereocenters. The maximum atomic E-state index is 12.2. The molecule has 0 N–H and O–H groups in total. The fourth-order valence-corrected chi connectivity index (χ4v) is 3.11. The maximum absolute atomic E-state index is 12.2. The van der Waals surface area contributed by atoms with Gasteiger partial charge in [0.05, 0.1) is 12.7 Å². The zero-order valence-electron chi connectivity index (χ0n) is 14.4. The highest BCUT2D eigenvalue weighted by Crippen LogP contribution is 2.25. The zero-order valence-corrected chi connectivity index (χ0v) is 14.4. The Bertz CT molecular complexity index is 771. The molecule has 128 valence electrons. The molecule has 1 aromatic carbocycles. The Balaban J connectivity index is 1.66. The fraction of sp³-hybridized carbons (Fsp3) is 0.474. The van der Waals surface area contributed by atoms with Crippen LogP contribution in [0.2, 0.25) is 0 Å². The van der Waals surface area contributed by atoms with Gasteiger partial charge in [0.15, 0.2) is 6.10 Å². The van der Waals surface area contributed by atoms with Crippen molar-refractivity contribution in [1.82, 2.24) is 4.90 Å². The molecule has 1 amide bonds. The van der Waals surface area contributed by atoms with Gasteiger partial charge >= 0.3 is 5.97 Å². The molecular weight excluding hydrogens is 306 g/mol. The van der Waals surface area contributed by atoms with Crippen LogP contribution in [-0.2, 0) is 20.7 Å². The summed E-state index contributed by atoms with van der Waals surface area (Å²) < 4.78 is 10.9. The van der Waals surface area contributed by atoms with Gasteiger partial charge in [0, 0.05) is 24.0 Å². The predicted molar refractivity (Wildman–Crippen MR) is 90.8 cm³/mol. The summed E-state index contributed by atoms with van der Waals surface area (Å²) in [5, 5.41) is 0.925. The normalized spacial score (nSPS) is 15.7. The number of aryl methyl sites for hydroxylation is 2. The molecule has 0 spiro atoms. The second-order valence-electron chi connectivity index (χ2n) is 6.53. The highest BCUT2D eigenvalue weighted by Gasteiger charge is 2.26. The minimum atomic E-state index is -0.738. The lowest BCUT2D eigenvalue weighted by atomic mass is 10.0. The van der Waals surface area contributed by atoms with Crippen molar-refractivity contribution in [3.8, 4) is 0 Å². The van der Waals surface area contributed by atoms with Gasteiger partial charge in [0.1, 0.15) is 5.58 Å². The number of fused-ring (bicyclic) bond motifs is 1. The van der Waals surface area contributed by atoms with Crippen LogP contribution >= 0.6 is 0 Å². The third-order valence-electron chi connectivity index (χ3n) is 4.68. The van der Waals surface area contributed by atoms with Crippen molar-refractivity contribution < 1.29 is 18.7 Å². The number of benzene rings is 1. The maximum Gasteiger partial charge on any atom is 0.311 e. The molecule has 2 aromatic rings. The van der Waals surface area contributed by atoms with Crippen LogP contribution in [0.1, 0.15) is 36.5 Å². The Morgan fingerprint density at radius 2 is 1.88 bits per heavy atom. The van der Waals surface area contributed by atoms with Crippen LogP contribution < -0.4 is 0 Å². The van der Waals surface area contributed by atoms with Gasteiger partial charge in [-0.2, -0.15) is 0 Å². The topological polar surface area (TPSA) is 59.8 Å². The molecule has 1 aliphatic rings. The Morgan fingerprint density at radius 1 is 1.21 bits per heavy atom. The number of hydrogen-bond acceptors (Lipinski definition) is 4. The van der Waals surface area contributed by atoms with Crippen LogP contribution in [-0.4, -0.2) is 36.0 Å². The van der Waals surface area contributed by atoms with Gasteiger partial charge in [-0.3, -0.25) is 9.59 Å². The third kappa shape index (κ3) is 3.30. The number of hydrogen-bond donors (Lipinski definition) is 0. The van der Waals surface area contributed by atoms with E-state index in [0.717, 1.165) is 53.6 Å². The van der Waals surface area contributed by atoms with Gasteiger partial charge in [0.2, 0.25) is 0 Å². The fourth-order valence-electron chi connectivity index (χ4n) is 3.11. The Kier molecular flexibility index (Phi) is 4.60. The zero-order chi connectivity index (χ0) is 17.3. The smallest absolute Gasteiger partial charge is 0.311 e. The van der Waals surface area contributed by atoms with Gasteiger partial charge in [-0.15, -0.1) is 0 Å². The summed E-state index contributed by atoms with van der Waals surface area (Å²) in [5.74, 6) is -0.514. The average molecular weight is 329 g/mol. The van der Waals surface area contributed by atoms with Gasteiger partial charge in [0.25, 0.3) is 5.91 Å². The molecule has 1 atom stereocenters. The van der Waals surface area contributed by atoms with E-state index >= 15 is 0 Å². The molecule has 3 rings (SSSR count). The molecule has 5 nitrogen and oxygen atoms in total. The first-order valence-corrected chi connectivity index (χ1v) is 8.41. The second kappa shape index (κ2) is 6.67. The first-order chi connectivity index (χ1) is 11.5. The number of amides is 1. The van der Waals surface area contributed by atoms with Crippen molar-refractivity contribution >= 4 is 22.8 Å². The third-order valence-corrected chi connectivity index (χ3v) is 4.68. The Hall–Kier alpha value is -2.30. The molecule has 0 radical (unpaired) electrons. The number of ether oxygens (including phenoxy) is 1. The molecule has 0 saturated carbocycles. The quantitative estimate of drug-likeness (QED) is 0.809. The predicted octanol–water partition coefficient (Wildman–Crippen LogP) is 3.15. The molecule has 0 aliphatic carbocycles. The number of furan rings is 1. The van der Waals surface area contributed by atoms with Crippen LogP contribution in [0.5, 0.6) is 0 Å². The lowest BCUT2D eigenvalue weighted by molar-refractivity contribution is -0.158. The van der Waals surface area contributed by atoms with Gasteiger partial charge in [-0.05, 0) is 56.9 Å². The van der Waals surface area contributed by atoms with Crippen molar-refractivity contribution in [3.05, 3.63) is 35.1 Å². The summed E-state index contributed by atoms with van der Waals surface area (Å²) in [6.45, 7) is 7.20. The first kappa shape index (κ1) is 16.6. The van der Waals surface area contributed by atoms with E-state index in [2.05, 4.69) is 0 Å². The minimum absolute atomic E-state index is 0.104. The summed E-state index contributed by atoms with van der Waals surface area (Å²) in [5.41, 5.74) is 3.85. The summed E-state index contributed by atoms with van der Waals surface area (Å²) in [4.78, 5) is 26.2. The van der Waals surface area contributed by atoms with Crippen molar-refractivity contribution in [1.29, 1.82) is 0 Å².